The highest BCUT2D eigenvalue weighted by molar-refractivity contribution is 5.77. The van der Waals surface area contributed by atoms with Gasteiger partial charge in [0.2, 0.25) is 0 Å². The molecule has 6 N–H and O–H groups in total. The van der Waals surface area contributed by atoms with Crippen molar-refractivity contribution in [3.8, 4) is 0 Å². The van der Waals surface area contributed by atoms with Crippen LogP contribution in [0.4, 0.5) is 22.4 Å². The fourth-order valence-corrected chi connectivity index (χ4v) is 5.20. The van der Waals surface area contributed by atoms with Crippen molar-refractivity contribution in [2.24, 2.45) is 23.5 Å². The number of carbonyl (C=O) groups excluding carboxylic acids is 1. The monoisotopic (exact) mass is 581 g/mol. The Morgan fingerprint density at radius 1 is 1.05 bits per heavy atom. The normalized spacial score (nSPS) is 37.3. The van der Waals surface area contributed by atoms with Gasteiger partial charge in [-0.15, -0.1) is 0 Å². The number of alkyl halides is 4. The molecule has 0 aromatic carbocycles. The number of aromatic nitrogens is 2. The number of carbonyl (C=O) groups is 1. The summed E-state index contributed by atoms with van der Waals surface area (Å²) in [5, 5.41) is 21.6. The molecule has 40 heavy (non-hydrogen) atoms. The summed E-state index contributed by atoms with van der Waals surface area (Å²) in [6.45, 7) is -1.02. The van der Waals surface area contributed by atoms with E-state index in [1.54, 1.807) is 13.8 Å². The number of aliphatic hydroxyl groups is 2. The van der Waals surface area contributed by atoms with Gasteiger partial charge in [0.15, 0.2) is 0 Å². The van der Waals surface area contributed by atoms with E-state index in [9.17, 15) is 42.2 Å². The number of nitrogens with one attached hydrogen (secondary N) is 2. The first kappa shape index (κ1) is 31.7. The second-order valence-electron chi connectivity index (χ2n) is 10.0. The molecule has 0 bridgehead atoms. The number of hydrogen-bond donors (Lipinski definition) is 5. The third-order valence-corrected chi connectivity index (χ3v) is 7.91. The van der Waals surface area contributed by atoms with Gasteiger partial charge in [-0.05, 0) is 18.4 Å². The Bertz CT molecular complexity index is 1160. The SMILES string of the molecule is CC[C@@]1(CF)O[C@@H](n2ccc(=O)[nH]c2=O)[C@@H](CF)[C@@H]1C.NC1C=CN([C@@H]2O[C@@](CO)(CF)[C@@H](O)[C@@H]2CF)C(=O)N1. The highest BCUT2D eigenvalue weighted by Gasteiger charge is 2.57. The minimum absolute atomic E-state index is 0.369. The van der Waals surface area contributed by atoms with Gasteiger partial charge in [-0.25, -0.2) is 18.4 Å². The van der Waals surface area contributed by atoms with Gasteiger partial charge in [0.1, 0.15) is 37.0 Å². The Labute approximate surface area is 226 Å². The molecule has 12 nitrogen and oxygen atoms in total. The zero-order valence-corrected chi connectivity index (χ0v) is 22.0. The highest BCUT2D eigenvalue weighted by atomic mass is 19.1. The highest BCUT2D eigenvalue weighted by Crippen LogP contribution is 2.47. The number of amides is 2. The zero-order valence-electron chi connectivity index (χ0n) is 22.0. The maximum Gasteiger partial charge on any atom is 0.330 e. The number of urea groups is 1. The second-order valence-corrected chi connectivity index (χ2v) is 10.0. The molecule has 4 heterocycles. The van der Waals surface area contributed by atoms with Crippen molar-refractivity contribution in [3.63, 3.8) is 0 Å². The van der Waals surface area contributed by atoms with Crippen LogP contribution in [0.1, 0.15) is 26.5 Å². The van der Waals surface area contributed by atoms with Crippen molar-refractivity contribution >= 4 is 6.03 Å². The van der Waals surface area contributed by atoms with Gasteiger partial charge in [0.05, 0.1) is 38.1 Å². The van der Waals surface area contributed by atoms with Crippen molar-refractivity contribution in [1.82, 2.24) is 19.8 Å². The summed E-state index contributed by atoms with van der Waals surface area (Å²) in [7, 11) is 0. The smallest absolute Gasteiger partial charge is 0.330 e. The molecule has 1 aromatic rings. The van der Waals surface area contributed by atoms with E-state index in [4.69, 9.17) is 15.2 Å². The Kier molecular flexibility index (Phi) is 10.2. The minimum atomic E-state index is -1.92. The van der Waals surface area contributed by atoms with Crippen molar-refractivity contribution in [3.05, 3.63) is 45.4 Å². The molecule has 0 aliphatic carbocycles. The number of ether oxygens (including phenoxy) is 2. The maximum absolute atomic E-state index is 13.4. The van der Waals surface area contributed by atoms with E-state index in [2.05, 4.69) is 10.3 Å². The van der Waals surface area contributed by atoms with E-state index >= 15 is 0 Å². The number of hydrogen-bond acceptors (Lipinski definition) is 8. The average Bonchev–Trinajstić information content (AvgIpc) is 3.39. The molecular weight excluding hydrogens is 546 g/mol. The lowest BCUT2D eigenvalue weighted by Gasteiger charge is -2.33. The lowest BCUT2D eigenvalue weighted by Crippen LogP contribution is -2.54. The van der Waals surface area contributed by atoms with Crippen LogP contribution in [0, 0.1) is 17.8 Å². The van der Waals surface area contributed by atoms with Crippen LogP contribution in [0.5, 0.6) is 0 Å². The Balaban J connectivity index is 0.000000220. The zero-order chi connectivity index (χ0) is 29.8. The number of nitrogens with two attached hydrogens (primary N) is 1. The van der Waals surface area contributed by atoms with Crippen LogP contribution >= 0.6 is 0 Å². The second kappa shape index (κ2) is 12.8. The summed E-state index contributed by atoms with van der Waals surface area (Å²) < 4.78 is 65.0. The van der Waals surface area contributed by atoms with Gasteiger partial charge in [0.25, 0.3) is 5.56 Å². The van der Waals surface area contributed by atoms with Gasteiger partial charge < -0.3 is 30.7 Å². The number of H-pyrrole nitrogens is 1. The van der Waals surface area contributed by atoms with E-state index in [1.807, 2.05) is 0 Å². The number of aliphatic hydroxyl groups excluding tert-OH is 2. The molecule has 2 fully saturated rings. The molecule has 0 saturated carbocycles. The van der Waals surface area contributed by atoms with E-state index < -0.39 is 98.3 Å². The number of halogens is 4. The summed E-state index contributed by atoms with van der Waals surface area (Å²) in [6.07, 6.45) is -0.0181. The molecular formula is C24H35F4N5O7. The maximum atomic E-state index is 13.4. The third-order valence-electron chi connectivity index (χ3n) is 7.91. The lowest BCUT2D eigenvalue weighted by atomic mass is 9.81. The van der Waals surface area contributed by atoms with Gasteiger partial charge in [-0.2, -0.15) is 0 Å². The van der Waals surface area contributed by atoms with Crippen LogP contribution in [0.25, 0.3) is 0 Å². The predicted octanol–water partition coefficient (Wildman–Crippen LogP) is 0.219. The average molecular weight is 582 g/mol. The summed E-state index contributed by atoms with van der Waals surface area (Å²) in [6, 6.07) is 0.509. The molecule has 16 heteroatoms. The first-order chi connectivity index (χ1) is 19.0. The van der Waals surface area contributed by atoms with E-state index in [0.29, 0.717) is 6.42 Å². The minimum Gasteiger partial charge on any atom is -0.393 e. The van der Waals surface area contributed by atoms with Crippen LogP contribution in [-0.4, -0.2) is 93.7 Å². The lowest BCUT2D eigenvalue weighted by molar-refractivity contribution is -0.140. The summed E-state index contributed by atoms with van der Waals surface area (Å²) >= 11 is 0. The topological polar surface area (TPSA) is 172 Å². The molecule has 0 spiro atoms. The molecule has 1 unspecified atom stereocenters. The Morgan fingerprint density at radius 3 is 2.17 bits per heavy atom. The van der Waals surface area contributed by atoms with Crippen LogP contribution in [0.3, 0.4) is 0 Å². The predicted molar refractivity (Wildman–Crippen MR) is 133 cm³/mol. The molecule has 0 radical (unpaired) electrons. The summed E-state index contributed by atoms with van der Waals surface area (Å²) in [4.78, 5) is 37.7. The van der Waals surface area contributed by atoms with Gasteiger partial charge in [-0.3, -0.25) is 28.0 Å². The number of nitrogens with zero attached hydrogens (tertiary/aromatic N) is 2. The fraction of sp³-hybridized carbons (Fsp3) is 0.708. The first-order valence-corrected chi connectivity index (χ1v) is 12.7. The van der Waals surface area contributed by atoms with Crippen LogP contribution in [0.15, 0.2) is 34.1 Å². The number of rotatable bonds is 8. The van der Waals surface area contributed by atoms with E-state index in [0.717, 1.165) is 15.5 Å². The van der Waals surface area contributed by atoms with E-state index in [-0.39, 0.29) is 5.92 Å². The van der Waals surface area contributed by atoms with Gasteiger partial charge in [0, 0.05) is 24.4 Å². The Morgan fingerprint density at radius 2 is 1.68 bits per heavy atom. The molecule has 4 rings (SSSR count). The summed E-state index contributed by atoms with van der Waals surface area (Å²) in [5.41, 5.74) is 1.25. The molecule has 9 atom stereocenters. The molecule has 3 aliphatic heterocycles. The Hall–Kier alpha value is -2.79. The molecule has 226 valence electrons. The number of aromatic amines is 1. The van der Waals surface area contributed by atoms with Crippen LogP contribution in [-0.2, 0) is 9.47 Å². The quantitative estimate of drug-likeness (QED) is 0.271. The van der Waals surface area contributed by atoms with Crippen molar-refractivity contribution < 1.29 is 42.0 Å². The first-order valence-electron chi connectivity index (χ1n) is 12.7. The third kappa shape index (κ3) is 5.68. The fourth-order valence-electron chi connectivity index (χ4n) is 5.20. The van der Waals surface area contributed by atoms with Gasteiger partial charge in [-0.1, -0.05) is 13.8 Å². The molecule has 2 saturated heterocycles. The van der Waals surface area contributed by atoms with Gasteiger partial charge >= 0.3 is 11.7 Å². The summed E-state index contributed by atoms with van der Waals surface area (Å²) in [5.74, 6) is -2.16. The van der Waals surface area contributed by atoms with Crippen molar-refractivity contribution in [2.45, 2.75) is 56.2 Å². The van der Waals surface area contributed by atoms with Crippen molar-refractivity contribution in [1.29, 1.82) is 0 Å². The molecule has 2 amide bonds. The van der Waals surface area contributed by atoms with Crippen LogP contribution < -0.4 is 22.3 Å². The standard InChI is InChI=1S/C13H18F2N2O3.C11H17F2N3O4/c1-3-13(7-15)8(2)9(6-14)11(20-13)17-5-4-10(18)16-12(17)19;12-3-6-8(18)11(4-13,5-17)20-9(6)16-2-1-7(14)15-10(16)19/h4-5,8-9,11H,3,6-7H2,1-2H3,(H,16,18,19);1-2,6-9,17-18H,3-5,14H2,(H,15,19)/t8-,9-,11+,13-;6-,7?,8-,9+,11+/m00/s1. The van der Waals surface area contributed by atoms with Crippen LogP contribution in [0.2, 0.25) is 0 Å². The largest absolute Gasteiger partial charge is 0.393 e. The molecule has 3 aliphatic rings. The van der Waals surface area contributed by atoms with Crippen molar-refractivity contribution in [2.75, 3.05) is 33.3 Å². The van der Waals surface area contributed by atoms with E-state index in [1.165, 1.54) is 18.5 Å². The molecule has 1 aromatic heterocycles.